The van der Waals surface area contributed by atoms with Crippen LogP contribution in [0.5, 0.6) is 0 Å². The Balaban J connectivity index is 1.69. The van der Waals surface area contributed by atoms with E-state index in [1.54, 1.807) is 0 Å². The lowest BCUT2D eigenvalue weighted by atomic mass is 10.0. The van der Waals surface area contributed by atoms with Gasteiger partial charge in [-0.3, -0.25) is 0 Å². The third-order valence-electron chi connectivity index (χ3n) is 2.88. The van der Waals surface area contributed by atoms with Crippen molar-refractivity contribution in [1.29, 1.82) is 0 Å². The van der Waals surface area contributed by atoms with Gasteiger partial charge in [0.25, 0.3) is 0 Å². The van der Waals surface area contributed by atoms with E-state index in [0.29, 0.717) is 5.92 Å². The largest absolute Gasteiger partial charge is 0.381 e. The van der Waals surface area contributed by atoms with Crippen molar-refractivity contribution in [2.75, 3.05) is 19.8 Å². The van der Waals surface area contributed by atoms with E-state index in [-0.39, 0.29) is 0 Å². The van der Waals surface area contributed by atoms with Crippen LogP contribution in [0.1, 0.15) is 18.4 Å². The summed E-state index contributed by atoms with van der Waals surface area (Å²) in [6.45, 7) is 3.40. The van der Waals surface area contributed by atoms with Crippen molar-refractivity contribution in [3.63, 3.8) is 0 Å². The zero-order valence-corrected chi connectivity index (χ0v) is 11.5. The average Bonchev–Trinajstić information content (AvgIpc) is 2.33. The van der Waals surface area contributed by atoms with Gasteiger partial charge in [-0.15, -0.1) is 0 Å². The minimum atomic E-state index is 0.692. The van der Waals surface area contributed by atoms with Crippen molar-refractivity contribution in [3.8, 4) is 0 Å². The van der Waals surface area contributed by atoms with Gasteiger partial charge in [0, 0.05) is 16.8 Å². The second-order valence-electron chi connectivity index (χ2n) is 4.20. The Morgan fingerprint density at radius 1 is 1.19 bits per heavy atom. The third-order valence-corrected chi connectivity index (χ3v) is 3.60. The van der Waals surface area contributed by atoms with Gasteiger partial charge >= 0.3 is 0 Å². The number of benzene rings is 1. The lowest BCUT2D eigenvalue weighted by Crippen LogP contribution is -2.20. The fraction of sp³-hybridized carbons (Fsp3) is 0.538. The van der Waals surface area contributed by atoms with E-state index < -0.39 is 0 Å². The predicted octanol–water partition coefficient (Wildman–Crippen LogP) is 3.23. The maximum Gasteiger partial charge on any atom is 0.0717 e. The molecule has 0 spiro atoms. The van der Waals surface area contributed by atoms with Gasteiger partial charge in [0.05, 0.1) is 13.2 Å². The highest BCUT2D eigenvalue weighted by molar-refractivity contribution is 14.1. The zero-order valence-electron chi connectivity index (χ0n) is 9.32. The Bertz CT molecular complexity index is 304. The minimum absolute atomic E-state index is 0.692. The predicted molar refractivity (Wildman–Crippen MR) is 72.4 cm³/mol. The monoisotopic (exact) mass is 332 g/mol. The molecular formula is C13H17IO2. The van der Waals surface area contributed by atoms with E-state index in [1.807, 2.05) is 0 Å². The molecule has 0 atom stereocenters. The summed E-state index contributed by atoms with van der Waals surface area (Å²) in [6, 6.07) is 8.50. The first-order valence-electron chi connectivity index (χ1n) is 5.74. The van der Waals surface area contributed by atoms with E-state index >= 15 is 0 Å². The molecule has 0 aliphatic carbocycles. The van der Waals surface area contributed by atoms with Gasteiger partial charge in [-0.2, -0.15) is 0 Å². The number of ether oxygens (including phenoxy) is 2. The molecule has 0 radical (unpaired) electrons. The standard InChI is InChI=1S/C13H17IO2/c14-13-3-1-11(2-4-13)9-16-10-12-5-7-15-8-6-12/h1-4,12H,5-10H2. The Morgan fingerprint density at radius 2 is 1.88 bits per heavy atom. The van der Waals surface area contributed by atoms with Gasteiger partial charge < -0.3 is 9.47 Å². The quantitative estimate of drug-likeness (QED) is 0.788. The molecule has 0 amide bonds. The van der Waals surface area contributed by atoms with Crippen molar-refractivity contribution >= 4 is 22.6 Å². The van der Waals surface area contributed by atoms with Gasteiger partial charge in [0.15, 0.2) is 0 Å². The third kappa shape index (κ3) is 4.03. The van der Waals surface area contributed by atoms with Crippen molar-refractivity contribution < 1.29 is 9.47 Å². The SMILES string of the molecule is Ic1ccc(COCC2CCOCC2)cc1. The molecule has 0 bridgehead atoms. The fourth-order valence-corrected chi connectivity index (χ4v) is 2.20. The summed E-state index contributed by atoms with van der Waals surface area (Å²) in [4.78, 5) is 0. The number of hydrogen-bond donors (Lipinski definition) is 0. The summed E-state index contributed by atoms with van der Waals surface area (Å²) in [7, 11) is 0. The molecule has 88 valence electrons. The molecule has 1 saturated heterocycles. The molecule has 0 saturated carbocycles. The lowest BCUT2D eigenvalue weighted by Gasteiger charge is -2.21. The van der Waals surface area contributed by atoms with Gasteiger partial charge in [-0.25, -0.2) is 0 Å². The van der Waals surface area contributed by atoms with Crippen LogP contribution in [-0.2, 0) is 16.1 Å². The number of halogens is 1. The Morgan fingerprint density at radius 3 is 2.56 bits per heavy atom. The maximum absolute atomic E-state index is 5.74. The molecule has 16 heavy (non-hydrogen) atoms. The number of rotatable bonds is 4. The Labute approximate surface area is 110 Å². The van der Waals surface area contributed by atoms with Gasteiger partial charge in [-0.05, 0) is 59.0 Å². The molecule has 1 fully saturated rings. The van der Waals surface area contributed by atoms with Crippen molar-refractivity contribution in [2.24, 2.45) is 5.92 Å². The van der Waals surface area contributed by atoms with Crippen molar-refractivity contribution in [1.82, 2.24) is 0 Å². The van der Waals surface area contributed by atoms with Crippen LogP contribution in [0, 0.1) is 9.49 Å². The first-order chi connectivity index (χ1) is 7.84. The molecule has 0 unspecified atom stereocenters. The average molecular weight is 332 g/mol. The molecule has 3 heteroatoms. The van der Waals surface area contributed by atoms with E-state index in [9.17, 15) is 0 Å². The fourth-order valence-electron chi connectivity index (χ4n) is 1.84. The number of hydrogen-bond acceptors (Lipinski definition) is 2. The highest BCUT2D eigenvalue weighted by Gasteiger charge is 2.13. The summed E-state index contributed by atoms with van der Waals surface area (Å²) in [5, 5.41) is 0. The van der Waals surface area contributed by atoms with E-state index in [1.165, 1.54) is 9.13 Å². The topological polar surface area (TPSA) is 18.5 Å². The van der Waals surface area contributed by atoms with Gasteiger partial charge in [0.1, 0.15) is 0 Å². The summed E-state index contributed by atoms with van der Waals surface area (Å²) in [5.74, 6) is 0.692. The first kappa shape index (κ1) is 12.3. The highest BCUT2D eigenvalue weighted by atomic mass is 127. The molecule has 1 aliphatic rings. The first-order valence-corrected chi connectivity index (χ1v) is 6.82. The molecule has 1 heterocycles. The van der Waals surface area contributed by atoms with Crippen LogP contribution in [0.15, 0.2) is 24.3 Å². The Kier molecular flexibility index (Phi) is 5.06. The van der Waals surface area contributed by atoms with Gasteiger partial charge in [-0.1, -0.05) is 12.1 Å². The van der Waals surface area contributed by atoms with Crippen molar-refractivity contribution in [3.05, 3.63) is 33.4 Å². The summed E-state index contributed by atoms with van der Waals surface area (Å²) in [5.41, 5.74) is 1.26. The van der Waals surface area contributed by atoms with Crippen LogP contribution in [0.2, 0.25) is 0 Å². The maximum atomic E-state index is 5.74. The summed E-state index contributed by atoms with van der Waals surface area (Å²) in [6.07, 6.45) is 2.29. The molecule has 1 aliphatic heterocycles. The van der Waals surface area contributed by atoms with E-state index in [0.717, 1.165) is 39.3 Å². The van der Waals surface area contributed by atoms with Crippen LogP contribution >= 0.6 is 22.6 Å². The van der Waals surface area contributed by atoms with Crippen LogP contribution in [0.3, 0.4) is 0 Å². The molecular weight excluding hydrogens is 315 g/mol. The van der Waals surface area contributed by atoms with E-state index in [2.05, 4.69) is 46.9 Å². The molecule has 2 rings (SSSR count). The molecule has 1 aromatic rings. The lowest BCUT2D eigenvalue weighted by molar-refractivity contribution is 0.0157. The zero-order chi connectivity index (χ0) is 11.2. The second kappa shape index (κ2) is 6.57. The minimum Gasteiger partial charge on any atom is -0.381 e. The molecule has 1 aromatic carbocycles. The van der Waals surface area contributed by atoms with E-state index in [4.69, 9.17) is 9.47 Å². The normalized spacial score (nSPS) is 17.6. The van der Waals surface area contributed by atoms with Crippen LogP contribution in [0.4, 0.5) is 0 Å². The second-order valence-corrected chi connectivity index (χ2v) is 5.44. The van der Waals surface area contributed by atoms with Crippen LogP contribution < -0.4 is 0 Å². The summed E-state index contributed by atoms with van der Waals surface area (Å²) >= 11 is 2.31. The van der Waals surface area contributed by atoms with Crippen LogP contribution in [0.25, 0.3) is 0 Å². The van der Waals surface area contributed by atoms with Crippen molar-refractivity contribution in [2.45, 2.75) is 19.4 Å². The highest BCUT2D eigenvalue weighted by Crippen LogP contribution is 2.15. The molecule has 0 aromatic heterocycles. The van der Waals surface area contributed by atoms with Crippen LogP contribution in [-0.4, -0.2) is 19.8 Å². The molecule has 2 nitrogen and oxygen atoms in total. The van der Waals surface area contributed by atoms with Gasteiger partial charge in [0.2, 0.25) is 0 Å². The Hall–Kier alpha value is -0.130. The summed E-state index contributed by atoms with van der Waals surface area (Å²) < 4.78 is 12.3. The smallest absolute Gasteiger partial charge is 0.0717 e. The molecule has 0 N–H and O–H groups in total.